The van der Waals surface area contributed by atoms with Crippen molar-refractivity contribution in [1.82, 2.24) is 14.8 Å². The Labute approximate surface area is 146 Å². The van der Waals surface area contributed by atoms with Gasteiger partial charge in [-0.15, -0.1) is 11.6 Å². The summed E-state index contributed by atoms with van der Waals surface area (Å²) in [6, 6.07) is 7.91. The van der Waals surface area contributed by atoms with Gasteiger partial charge in [-0.25, -0.2) is 4.98 Å². The average Bonchev–Trinajstić information content (AvgIpc) is 3.10. The zero-order valence-electron chi connectivity index (χ0n) is 12.7. The molecular weight excluding hydrogens is 341 g/mol. The molecule has 0 radical (unpaired) electrons. The minimum absolute atomic E-state index is 0.0327. The lowest BCUT2D eigenvalue weighted by atomic mass is 10.1. The maximum atomic E-state index is 7.00. The van der Waals surface area contributed by atoms with Crippen LogP contribution < -0.4 is 0 Å². The molecule has 0 saturated heterocycles. The molecule has 0 bridgehead atoms. The third-order valence-electron chi connectivity index (χ3n) is 3.19. The van der Waals surface area contributed by atoms with Crippen LogP contribution in [0.2, 0.25) is 5.02 Å². The van der Waals surface area contributed by atoms with Crippen LogP contribution in [0.5, 0.6) is 0 Å². The van der Waals surface area contributed by atoms with Gasteiger partial charge in [0.05, 0.1) is 0 Å². The van der Waals surface area contributed by atoms with Crippen LogP contribution in [-0.2, 0) is 13.0 Å². The molecule has 0 aliphatic heterocycles. The molecule has 0 amide bonds. The van der Waals surface area contributed by atoms with Gasteiger partial charge in [-0.3, -0.25) is 9.78 Å². The van der Waals surface area contributed by atoms with E-state index in [2.05, 4.69) is 10.1 Å². The lowest BCUT2D eigenvalue weighted by Crippen LogP contribution is -2.02. The second-order valence-corrected chi connectivity index (χ2v) is 6.41. The van der Waals surface area contributed by atoms with E-state index < -0.39 is 0 Å². The number of H-pyrrole nitrogens is 1. The van der Waals surface area contributed by atoms with E-state index in [0.29, 0.717) is 4.77 Å². The van der Waals surface area contributed by atoms with Gasteiger partial charge >= 0.3 is 0 Å². The number of aliphatic hydroxyl groups is 1. The highest BCUT2D eigenvalue weighted by Crippen LogP contribution is 2.45. The number of rotatable bonds is 3. The fourth-order valence-electron chi connectivity index (χ4n) is 1.80. The van der Waals surface area contributed by atoms with Gasteiger partial charge in [-0.1, -0.05) is 29.8 Å². The zero-order chi connectivity index (χ0) is 16.6. The van der Waals surface area contributed by atoms with Crippen molar-refractivity contribution in [1.29, 1.82) is 0 Å². The molecule has 1 aliphatic rings. The third-order valence-corrected chi connectivity index (χ3v) is 4.40. The van der Waals surface area contributed by atoms with E-state index >= 15 is 0 Å². The normalized spacial score (nSPS) is 14.2. The Morgan fingerprint density at radius 2 is 2.00 bits per heavy atom. The summed E-state index contributed by atoms with van der Waals surface area (Å²) in [5.74, 6) is 0. The highest BCUT2D eigenvalue weighted by atomic mass is 35.5. The van der Waals surface area contributed by atoms with E-state index in [1.165, 1.54) is 5.56 Å². The Kier molecular flexibility index (Phi) is 8.10. The number of hydrogen-bond donors (Lipinski definition) is 2. The maximum absolute atomic E-state index is 7.00. The molecule has 1 saturated carbocycles. The molecule has 1 heterocycles. The summed E-state index contributed by atoms with van der Waals surface area (Å²) < 4.78 is 2.41. The van der Waals surface area contributed by atoms with Crippen LogP contribution >= 0.6 is 35.4 Å². The van der Waals surface area contributed by atoms with Gasteiger partial charge in [-0.2, -0.15) is 0 Å². The molecule has 1 aromatic carbocycles. The summed E-state index contributed by atoms with van der Waals surface area (Å²) in [5, 5.41) is 10.7. The maximum Gasteiger partial charge on any atom is 0.215 e. The number of nitrogens with zero attached hydrogens (tertiary/aromatic N) is 2. The highest BCUT2D eigenvalue weighted by molar-refractivity contribution is 7.71. The first kappa shape index (κ1) is 19.2. The lowest BCUT2D eigenvalue weighted by Gasteiger charge is -2.06. The Morgan fingerprint density at radius 1 is 1.36 bits per heavy atom. The molecule has 3 rings (SSSR count). The number of aromatic amines is 1. The van der Waals surface area contributed by atoms with Crippen LogP contribution in [0.4, 0.5) is 0 Å². The molecule has 1 fully saturated rings. The summed E-state index contributed by atoms with van der Waals surface area (Å²) in [6.45, 7) is 2.87. The van der Waals surface area contributed by atoms with Gasteiger partial charge in [0.1, 0.15) is 6.33 Å². The average molecular weight is 362 g/mol. The van der Waals surface area contributed by atoms with Crippen molar-refractivity contribution in [3.63, 3.8) is 0 Å². The van der Waals surface area contributed by atoms with Crippen molar-refractivity contribution in [3.05, 3.63) is 45.9 Å². The molecule has 2 N–H and O–H groups in total. The smallest absolute Gasteiger partial charge is 0.215 e. The number of aliphatic hydroxyl groups excluding tert-OH is 1. The quantitative estimate of drug-likeness (QED) is 0.635. The van der Waals surface area contributed by atoms with Crippen LogP contribution in [0.25, 0.3) is 0 Å². The van der Waals surface area contributed by atoms with Crippen LogP contribution in [0.1, 0.15) is 25.3 Å². The van der Waals surface area contributed by atoms with Gasteiger partial charge in [-0.05, 0) is 50.0 Å². The largest absolute Gasteiger partial charge is 0.400 e. The molecule has 4 nitrogen and oxygen atoms in total. The molecule has 7 heteroatoms. The number of aryl methyl sites for hydroxylation is 1. The molecule has 2 aromatic rings. The van der Waals surface area contributed by atoms with Gasteiger partial charge in [0.15, 0.2) is 0 Å². The van der Waals surface area contributed by atoms with E-state index in [9.17, 15) is 0 Å². The van der Waals surface area contributed by atoms with E-state index in [1.54, 1.807) is 11.0 Å². The molecule has 0 unspecified atom stereocenters. The van der Waals surface area contributed by atoms with E-state index in [4.69, 9.17) is 40.5 Å². The van der Waals surface area contributed by atoms with Crippen LogP contribution in [-0.4, -0.2) is 31.9 Å². The highest BCUT2D eigenvalue weighted by Gasteiger charge is 2.40. The van der Waals surface area contributed by atoms with Gasteiger partial charge in [0, 0.05) is 23.6 Å². The summed E-state index contributed by atoms with van der Waals surface area (Å²) >= 11 is 17.0. The van der Waals surface area contributed by atoms with Gasteiger partial charge in [0.2, 0.25) is 4.77 Å². The van der Waals surface area contributed by atoms with Crippen molar-refractivity contribution in [3.8, 4) is 0 Å². The zero-order valence-corrected chi connectivity index (χ0v) is 15.0. The van der Waals surface area contributed by atoms with E-state index in [0.717, 1.165) is 37.9 Å². The van der Waals surface area contributed by atoms with Crippen LogP contribution in [0.3, 0.4) is 0 Å². The first-order valence-corrected chi connectivity index (χ1v) is 8.18. The topological polar surface area (TPSA) is 53.8 Å². The predicted molar refractivity (Wildman–Crippen MR) is 94.2 cm³/mol. The molecule has 22 heavy (non-hydrogen) atoms. The Balaban J connectivity index is 0.000000211. The minimum atomic E-state index is 0.0327. The van der Waals surface area contributed by atoms with Gasteiger partial charge < -0.3 is 5.11 Å². The fraction of sp³-hybridized carbons (Fsp3) is 0.467. The summed E-state index contributed by atoms with van der Waals surface area (Å²) in [6.07, 6.45) is 4.75. The summed E-state index contributed by atoms with van der Waals surface area (Å²) in [5.41, 5.74) is 1.17. The molecule has 0 atom stereocenters. The molecule has 1 aliphatic carbocycles. The Bertz CT molecular complexity index is 623. The third kappa shape index (κ3) is 6.08. The van der Waals surface area contributed by atoms with Crippen molar-refractivity contribution in [2.24, 2.45) is 0 Å². The molecule has 1 aromatic heterocycles. The second-order valence-electron chi connectivity index (χ2n) is 4.83. The second kappa shape index (κ2) is 9.30. The predicted octanol–water partition coefficient (Wildman–Crippen LogP) is 4.22. The first-order valence-electron chi connectivity index (χ1n) is 7.01. The summed E-state index contributed by atoms with van der Waals surface area (Å²) in [7, 11) is 1.00. The van der Waals surface area contributed by atoms with Crippen molar-refractivity contribution < 1.29 is 5.11 Å². The number of halogens is 2. The standard InChI is InChI=1S/C10H10Cl2.C4H7N3S.CH4O/c11-9-4-2-1-3-8(9)7-10(12)5-6-10;1-2-7-4(8)5-3-6-7;1-2/h1-4H,5-7H2;3H,2H2,1H3,(H,5,6,8);2H,1H3. The number of nitrogens with one attached hydrogen (secondary N) is 1. The van der Waals surface area contributed by atoms with Crippen molar-refractivity contribution in [2.45, 2.75) is 37.6 Å². The number of benzene rings is 1. The minimum Gasteiger partial charge on any atom is -0.400 e. The number of hydrogen-bond acceptors (Lipinski definition) is 3. The lowest BCUT2D eigenvalue weighted by molar-refractivity contribution is 0.399. The van der Waals surface area contributed by atoms with Gasteiger partial charge in [0.25, 0.3) is 0 Å². The SMILES string of the molecule is CCn1[nH]cnc1=S.CO.Clc1ccccc1CC1(Cl)CC1. The van der Waals surface area contributed by atoms with Crippen LogP contribution in [0, 0.1) is 4.77 Å². The van der Waals surface area contributed by atoms with Crippen molar-refractivity contribution >= 4 is 35.4 Å². The van der Waals surface area contributed by atoms with E-state index in [1.807, 2.05) is 31.2 Å². The fourth-order valence-corrected chi connectivity index (χ4v) is 2.48. The first-order chi connectivity index (χ1) is 10.5. The molecule has 122 valence electrons. The monoisotopic (exact) mass is 361 g/mol. The Hall–Kier alpha value is -0.880. The van der Waals surface area contributed by atoms with Crippen LogP contribution in [0.15, 0.2) is 30.6 Å². The molecule has 0 spiro atoms. The Morgan fingerprint density at radius 3 is 2.41 bits per heavy atom. The summed E-state index contributed by atoms with van der Waals surface area (Å²) in [4.78, 5) is 3.84. The number of aromatic nitrogens is 3. The number of alkyl halides is 1. The van der Waals surface area contributed by atoms with E-state index in [-0.39, 0.29) is 4.87 Å². The van der Waals surface area contributed by atoms with Crippen molar-refractivity contribution in [2.75, 3.05) is 7.11 Å². The molecular formula is C15H21Cl2N3OS.